The topological polar surface area (TPSA) is 84.2 Å². The Bertz CT molecular complexity index is 1350. The fourth-order valence-electron chi connectivity index (χ4n) is 4.23. The Morgan fingerprint density at radius 2 is 1.81 bits per heavy atom. The first kappa shape index (κ1) is 21.1. The number of hydrogen-bond donors (Lipinski definition) is 0. The Kier molecular flexibility index (Phi) is 4.39. The fraction of sp³-hybridized carbons (Fsp3) is 0.273. The van der Waals surface area contributed by atoms with Crippen molar-refractivity contribution in [2.75, 3.05) is 0 Å². The van der Waals surface area contributed by atoms with Crippen LogP contribution in [0.5, 0.6) is 5.75 Å². The molecule has 4 rings (SSSR count). The number of carbonyl (C=O) groups is 1. The molecule has 5 nitrogen and oxygen atoms in total. The molecule has 0 fully saturated rings. The number of alkyl halides is 3. The van der Waals surface area contributed by atoms with Crippen LogP contribution in [0.4, 0.5) is 13.2 Å². The van der Waals surface area contributed by atoms with Gasteiger partial charge in [0.1, 0.15) is 5.75 Å². The molecule has 0 N–H and O–H groups in total. The van der Waals surface area contributed by atoms with Crippen molar-refractivity contribution >= 4 is 21.5 Å². The summed E-state index contributed by atoms with van der Waals surface area (Å²) in [6.45, 7) is 5.03. The summed E-state index contributed by atoms with van der Waals surface area (Å²) in [7, 11) is -5.85. The van der Waals surface area contributed by atoms with Crippen molar-refractivity contribution in [3.63, 3.8) is 0 Å². The number of nitrogens with zero attached hydrogens (tertiary/aromatic N) is 1. The number of fused-ring (bicyclic) bond motifs is 3. The lowest BCUT2D eigenvalue weighted by atomic mass is 9.68. The highest BCUT2D eigenvalue weighted by molar-refractivity contribution is 7.88. The standard InChI is InChI=1S/C22H16F3NO4S/c1-11-6-15-16(9-18(11)30-31(28,29)22(23,24)25)21(2,3)17-8-13-7-12(10-26)4-5-14(13)19(17)20(15)27/h4-7,9H,8H2,1-3H3. The van der Waals surface area contributed by atoms with Crippen LogP contribution in [0.3, 0.4) is 0 Å². The molecule has 0 atom stereocenters. The van der Waals surface area contributed by atoms with E-state index in [1.807, 2.05) is 13.8 Å². The third-order valence-electron chi connectivity index (χ3n) is 5.87. The zero-order valence-corrected chi connectivity index (χ0v) is 17.5. The Morgan fingerprint density at radius 3 is 2.42 bits per heavy atom. The lowest BCUT2D eigenvalue weighted by Crippen LogP contribution is -2.31. The molecule has 0 heterocycles. The summed E-state index contributed by atoms with van der Waals surface area (Å²) in [5.41, 5.74) is -2.26. The molecule has 0 aromatic heterocycles. The first-order chi connectivity index (χ1) is 14.3. The van der Waals surface area contributed by atoms with Crippen LogP contribution in [0.2, 0.25) is 0 Å². The Morgan fingerprint density at radius 1 is 1.13 bits per heavy atom. The molecule has 2 aromatic carbocycles. The van der Waals surface area contributed by atoms with E-state index in [1.165, 1.54) is 19.1 Å². The molecular formula is C22H16F3NO4S. The van der Waals surface area contributed by atoms with Gasteiger partial charge < -0.3 is 4.18 Å². The third-order valence-corrected chi connectivity index (χ3v) is 6.84. The highest BCUT2D eigenvalue weighted by Crippen LogP contribution is 2.51. The largest absolute Gasteiger partial charge is 0.534 e. The average molecular weight is 447 g/mol. The summed E-state index contributed by atoms with van der Waals surface area (Å²) in [4.78, 5) is 13.3. The van der Waals surface area contributed by atoms with Gasteiger partial charge in [0, 0.05) is 16.6 Å². The van der Waals surface area contributed by atoms with Crippen LogP contribution in [0.25, 0.3) is 5.57 Å². The van der Waals surface area contributed by atoms with Crippen molar-refractivity contribution in [3.8, 4) is 11.8 Å². The van der Waals surface area contributed by atoms with E-state index in [0.717, 1.165) is 16.7 Å². The molecule has 0 saturated carbocycles. The molecule has 31 heavy (non-hydrogen) atoms. The maximum Gasteiger partial charge on any atom is 0.534 e. The van der Waals surface area contributed by atoms with Crippen molar-refractivity contribution in [1.82, 2.24) is 0 Å². The van der Waals surface area contributed by atoms with Crippen molar-refractivity contribution in [3.05, 3.63) is 69.3 Å². The molecule has 0 spiro atoms. The van der Waals surface area contributed by atoms with Gasteiger partial charge in [-0.3, -0.25) is 4.79 Å². The molecule has 0 aliphatic heterocycles. The molecule has 0 bridgehead atoms. The molecule has 2 aliphatic carbocycles. The number of rotatable bonds is 2. The van der Waals surface area contributed by atoms with Crippen molar-refractivity contribution < 1.29 is 30.6 Å². The summed E-state index contributed by atoms with van der Waals surface area (Å²) in [6.07, 6.45) is 0.406. The van der Waals surface area contributed by atoms with Crippen molar-refractivity contribution in [1.29, 1.82) is 5.26 Å². The van der Waals surface area contributed by atoms with Gasteiger partial charge in [0.05, 0.1) is 11.6 Å². The predicted molar refractivity (Wildman–Crippen MR) is 106 cm³/mol. The van der Waals surface area contributed by atoms with Crippen LogP contribution in [0.15, 0.2) is 35.9 Å². The first-order valence-electron chi connectivity index (χ1n) is 9.25. The predicted octanol–water partition coefficient (Wildman–Crippen LogP) is 4.58. The van der Waals surface area contributed by atoms with Gasteiger partial charge in [-0.15, -0.1) is 0 Å². The van der Waals surface area contributed by atoms with Crippen LogP contribution < -0.4 is 4.18 Å². The molecule has 2 aromatic rings. The number of ketones is 1. The second-order valence-corrected chi connectivity index (χ2v) is 9.65. The minimum Gasteiger partial charge on any atom is -0.376 e. The van der Waals surface area contributed by atoms with Gasteiger partial charge in [-0.25, -0.2) is 0 Å². The number of Topliss-reactive ketones (excluding diaryl/α,β-unsaturated/α-hetero) is 1. The van der Waals surface area contributed by atoms with E-state index in [4.69, 9.17) is 5.26 Å². The highest BCUT2D eigenvalue weighted by atomic mass is 32.2. The lowest BCUT2D eigenvalue weighted by Gasteiger charge is -2.35. The SMILES string of the molecule is Cc1cc2c(cc1OS(=O)(=O)C(F)(F)F)C(C)(C)C1=C(C2=O)c2ccc(C#N)cc2C1. The van der Waals surface area contributed by atoms with E-state index < -0.39 is 26.8 Å². The van der Waals surface area contributed by atoms with E-state index in [1.54, 1.807) is 18.2 Å². The summed E-state index contributed by atoms with van der Waals surface area (Å²) in [6, 6.07) is 9.73. The number of benzene rings is 2. The van der Waals surface area contributed by atoms with Crippen LogP contribution >= 0.6 is 0 Å². The molecule has 2 aliphatic rings. The quantitative estimate of drug-likeness (QED) is 0.497. The minimum atomic E-state index is -5.85. The second kappa shape index (κ2) is 6.44. The highest BCUT2D eigenvalue weighted by Gasteiger charge is 2.49. The summed E-state index contributed by atoms with van der Waals surface area (Å²) in [5.74, 6) is -0.760. The summed E-state index contributed by atoms with van der Waals surface area (Å²) in [5, 5.41) is 9.16. The van der Waals surface area contributed by atoms with Crippen molar-refractivity contribution in [2.24, 2.45) is 0 Å². The van der Waals surface area contributed by atoms with Gasteiger partial charge in [-0.05, 0) is 65.4 Å². The van der Waals surface area contributed by atoms with Gasteiger partial charge in [-0.1, -0.05) is 19.9 Å². The molecule has 0 unspecified atom stereocenters. The van der Waals surface area contributed by atoms with Crippen molar-refractivity contribution in [2.45, 2.75) is 38.1 Å². The zero-order chi connectivity index (χ0) is 22.9. The Labute approximate surface area is 176 Å². The van der Waals surface area contributed by atoms with Gasteiger partial charge >= 0.3 is 15.6 Å². The fourth-order valence-corrected chi connectivity index (χ4v) is 4.74. The number of hydrogen-bond acceptors (Lipinski definition) is 5. The lowest BCUT2D eigenvalue weighted by molar-refractivity contribution is -0.0500. The van der Waals surface area contributed by atoms with Gasteiger partial charge in [0.2, 0.25) is 0 Å². The van der Waals surface area contributed by atoms with E-state index in [9.17, 15) is 26.4 Å². The molecule has 160 valence electrons. The monoisotopic (exact) mass is 447 g/mol. The molecule has 0 saturated heterocycles. The van der Waals surface area contributed by atoms with Gasteiger partial charge in [0.25, 0.3) is 0 Å². The molecule has 9 heteroatoms. The Hall–Kier alpha value is -3.12. The number of nitriles is 1. The number of carbonyl (C=O) groups excluding carboxylic acids is 1. The van der Waals surface area contributed by atoms with Crippen LogP contribution in [0.1, 0.15) is 52.0 Å². The van der Waals surface area contributed by atoms with Crippen LogP contribution in [0, 0.1) is 18.3 Å². The van der Waals surface area contributed by atoms with E-state index in [-0.39, 0.29) is 16.9 Å². The van der Waals surface area contributed by atoms with E-state index in [0.29, 0.717) is 23.1 Å². The maximum atomic E-state index is 13.3. The minimum absolute atomic E-state index is 0.0952. The zero-order valence-electron chi connectivity index (χ0n) is 16.7. The number of allylic oxidation sites excluding steroid dienone is 2. The number of halogens is 3. The number of aryl methyl sites for hydroxylation is 1. The van der Waals surface area contributed by atoms with E-state index >= 15 is 0 Å². The van der Waals surface area contributed by atoms with Crippen LogP contribution in [-0.2, 0) is 22.0 Å². The molecule has 0 radical (unpaired) electrons. The second-order valence-electron chi connectivity index (χ2n) is 8.11. The van der Waals surface area contributed by atoms with Gasteiger partial charge in [0.15, 0.2) is 5.78 Å². The molecule has 0 amide bonds. The smallest absolute Gasteiger partial charge is 0.376 e. The van der Waals surface area contributed by atoms with Gasteiger partial charge in [-0.2, -0.15) is 26.9 Å². The molecular weight excluding hydrogens is 431 g/mol. The maximum absolute atomic E-state index is 13.3. The first-order valence-corrected chi connectivity index (χ1v) is 10.7. The Balaban J connectivity index is 1.86. The summed E-state index contributed by atoms with van der Waals surface area (Å²) >= 11 is 0. The summed E-state index contributed by atoms with van der Waals surface area (Å²) < 4.78 is 65.8. The normalized spacial score (nSPS) is 17.0. The van der Waals surface area contributed by atoms with Crippen LogP contribution in [-0.4, -0.2) is 19.7 Å². The third kappa shape index (κ3) is 3.05. The van der Waals surface area contributed by atoms with E-state index in [2.05, 4.69) is 10.3 Å². The average Bonchev–Trinajstić information content (AvgIpc) is 3.06.